The molecule has 0 aromatic heterocycles. The van der Waals surface area contributed by atoms with Crippen LogP contribution in [0.25, 0.3) is 12.2 Å². The standard InChI is InChI=1S/C28H34O5/c1-27(2,3)25(13-9-19-7-11-21-23(15-19)31-17-29-21)33-26(28(4,5)6)14-10-20-8-12-22-24(16-20)32-18-30-22/h7-16,25-26H,17-18H2,1-6H3/b13-9+,14-10+. The molecule has 2 aromatic rings. The molecular weight excluding hydrogens is 416 g/mol. The molecule has 0 radical (unpaired) electrons. The normalized spacial score (nSPS) is 17.2. The van der Waals surface area contributed by atoms with E-state index >= 15 is 0 Å². The summed E-state index contributed by atoms with van der Waals surface area (Å²) in [7, 11) is 0. The zero-order chi connectivity index (χ0) is 23.6. The first kappa shape index (κ1) is 23.2. The molecule has 2 aliphatic heterocycles. The Hall–Kier alpha value is -2.92. The fraction of sp³-hybridized carbons (Fsp3) is 0.429. The summed E-state index contributed by atoms with van der Waals surface area (Å²) >= 11 is 0. The first-order valence-electron chi connectivity index (χ1n) is 11.4. The van der Waals surface area contributed by atoms with Crippen molar-refractivity contribution in [2.45, 2.75) is 53.8 Å². The van der Waals surface area contributed by atoms with Crippen LogP contribution in [-0.4, -0.2) is 25.8 Å². The summed E-state index contributed by atoms with van der Waals surface area (Å²) in [6, 6.07) is 12.0. The Labute approximate surface area is 197 Å². The first-order chi connectivity index (χ1) is 15.6. The van der Waals surface area contributed by atoms with Crippen LogP contribution in [0.5, 0.6) is 23.0 Å². The Morgan fingerprint density at radius 3 is 1.42 bits per heavy atom. The van der Waals surface area contributed by atoms with Gasteiger partial charge in [-0.1, -0.05) is 78.0 Å². The van der Waals surface area contributed by atoms with Crippen LogP contribution >= 0.6 is 0 Å². The van der Waals surface area contributed by atoms with E-state index in [1.54, 1.807) is 0 Å². The summed E-state index contributed by atoms with van der Waals surface area (Å²) in [5.41, 5.74) is 1.95. The summed E-state index contributed by atoms with van der Waals surface area (Å²) in [5.74, 6) is 3.14. The molecule has 33 heavy (non-hydrogen) atoms. The average Bonchev–Trinajstić information content (AvgIpc) is 3.39. The molecule has 2 atom stereocenters. The van der Waals surface area contributed by atoms with Gasteiger partial charge in [-0.15, -0.1) is 0 Å². The maximum atomic E-state index is 6.72. The Bertz CT molecular complexity index is 956. The van der Waals surface area contributed by atoms with E-state index in [1.165, 1.54) is 0 Å². The van der Waals surface area contributed by atoms with Gasteiger partial charge in [-0.25, -0.2) is 0 Å². The van der Waals surface area contributed by atoms with Crippen molar-refractivity contribution in [2.75, 3.05) is 13.6 Å². The number of hydrogen-bond acceptors (Lipinski definition) is 5. The Morgan fingerprint density at radius 1 is 0.636 bits per heavy atom. The van der Waals surface area contributed by atoms with E-state index in [4.69, 9.17) is 23.7 Å². The third kappa shape index (κ3) is 5.72. The molecule has 0 bridgehead atoms. The molecule has 176 valence electrons. The number of rotatable bonds is 6. The minimum absolute atomic E-state index is 0.0804. The van der Waals surface area contributed by atoms with Crippen molar-refractivity contribution in [1.29, 1.82) is 0 Å². The fourth-order valence-corrected chi connectivity index (χ4v) is 3.66. The highest BCUT2D eigenvalue weighted by atomic mass is 16.7. The van der Waals surface area contributed by atoms with E-state index in [-0.39, 0.29) is 36.6 Å². The molecule has 0 saturated heterocycles. The van der Waals surface area contributed by atoms with E-state index in [9.17, 15) is 0 Å². The van der Waals surface area contributed by atoms with Gasteiger partial charge in [0.05, 0.1) is 12.2 Å². The number of fused-ring (bicyclic) bond motifs is 2. The molecule has 5 nitrogen and oxygen atoms in total. The predicted octanol–water partition coefficient (Wildman–Crippen LogP) is 6.72. The van der Waals surface area contributed by atoms with Gasteiger partial charge in [-0.2, -0.15) is 0 Å². The summed E-state index contributed by atoms with van der Waals surface area (Å²) < 4.78 is 28.6. The van der Waals surface area contributed by atoms with Gasteiger partial charge in [0.1, 0.15) is 0 Å². The van der Waals surface area contributed by atoms with Crippen molar-refractivity contribution in [3.8, 4) is 23.0 Å². The molecule has 0 amide bonds. The topological polar surface area (TPSA) is 46.2 Å². The van der Waals surface area contributed by atoms with Crippen LogP contribution in [0.4, 0.5) is 0 Å². The summed E-state index contributed by atoms with van der Waals surface area (Å²) in [6.45, 7) is 13.7. The lowest BCUT2D eigenvalue weighted by molar-refractivity contribution is -0.0595. The van der Waals surface area contributed by atoms with E-state index in [1.807, 2.05) is 36.4 Å². The summed E-state index contributed by atoms with van der Waals surface area (Å²) in [4.78, 5) is 0. The molecule has 0 aliphatic carbocycles. The molecule has 4 rings (SSSR count). The van der Waals surface area contributed by atoms with Gasteiger partial charge < -0.3 is 23.7 Å². The highest BCUT2D eigenvalue weighted by Gasteiger charge is 2.31. The average molecular weight is 451 g/mol. The minimum atomic E-state index is -0.0893. The second kappa shape index (κ2) is 9.14. The molecule has 0 fully saturated rings. The lowest BCUT2D eigenvalue weighted by atomic mass is 9.85. The van der Waals surface area contributed by atoms with Gasteiger partial charge in [0, 0.05) is 0 Å². The van der Waals surface area contributed by atoms with E-state index in [2.05, 4.69) is 65.8 Å². The van der Waals surface area contributed by atoms with Crippen LogP contribution in [-0.2, 0) is 4.74 Å². The second-order valence-electron chi connectivity index (χ2n) is 10.7. The van der Waals surface area contributed by atoms with E-state index < -0.39 is 0 Å². The smallest absolute Gasteiger partial charge is 0.231 e. The Kier molecular flexibility index (Phi) is 6.44. The van der Waals surface area contributed by atoms with E-state index in [0.29, 0.717) is 0 Å². The van der Waals surface area contributed by atoms with Gasteiger partial charge in [-0.05, 0) is 46.2 Å². The van der Waals surface area contributed by atoms with Crippen molar-refractivity contribution in [3.05, 3.63) is 59.7 Å². The summed E-state index contributed by atoms with van der Waals surface area (Å²) in [6.07, 6.45) is 8.30. The van der Waals surface area contributed by atoms with Crippen LogP contribution in [0.1, 0.15) is 52.7 Å². The van der Waals surface area contributed by atoms with Gasteiger partial charge in [0.2, 0.25) is 13.6 Å². The summed E-state index contributed by atoms with van der Waals surface area (Å²) in [5, 5.41) is 0. The Balaban J connectivity index is 1.53. The molecular formula is C28H34O5. The maximum Gasteiger partial charge on any atom is 0.231 e. The van der Waals surface area contributed by atoms with Gasteiger partial charge in [-0.3, -0.25) is 0 Å². The SMILES string of the molecule is CC(C)(C)C(/C=C/c1ccc2c(c1)OCO2)OC(/C=C/c1ccc2c(c1)OCO2)C(C)(C)C. The highest BCUT2D eigenvalue weighted by Crippen LogP contribution is 2.36. The molecule has 0 N–H and O–H groups in total. The minimum Gasteiger partial charge on any atom is -0.454 e. The molecule has 5 heteroatoms. The van der Waals surface area contributed by atoms with Crippen molar-refractivity contribution < 1.29 is 23.7 Å². The molecule has 0 saturated carbocycles. The highest BCUT2D eigenvalue weighted by molar-refractivity contribution is 5.58. The molecule has 0 spiro atoms. The van der Waals surface area contributed by atoms with Crippen LogP contribution in [0, 0.1) is 10.8 Å². The predicted molar refractivity (Wildman–Crippen MR) is 131 cm³/mol. The number of ether oxygens (including phenoxy) is 5. The fourth-order valence-electron chi connectivity index (χ4n) is 3.66. The molecule has 2 aliphatic rings. The van der Waals surface area contributed by atoms with Crippen molar-refractivity contribution in [1.82, 2.24) is 0 Å². The second-order valence-corrected chi connectivity index (χ2v) is 10.7. The van der Waals surface area contributed by atoms with Crippen LogP contribution in [0.15, 0.2) is 48.6 Å². The van der Waals surface area contributed by atoms with Crippen molar-refractivity contribution in [2.24, 2.45) is 10.8 Å². The van der Waals surface area contributed by atoms with Crippen LogP contribution in [0.3, 0.4) is 0 Å². The van der Waals surface area contributed by atoms with Crippen molar-refractivity contribution >= 4 is 12.2 Å². The number of benzene rings is 2. The van der Waals surface area contributed by atoms with Crippen LogP contribution in [0.2, 0.25) is 0 Å². The van der Waals surface area contributed by atoms with Crippen molar-refractivity contribution in [3.63, 3.8) is 0 Å². The lowest BCUT2D eigenvalue weighted by Crippen LogP contribution is -2.37. The zero-order valence-corrected chi connectivity index (χ0v) is 20.4. The van der Waals surface area contributed by atoms with E-state index in [0.717, 1.165) is 34.1 Å². The third-order valence-corrected chi connectivity index (χ3v) is 5.72. The largest absolute Gasteiger partial charge is 0.454 e. The molecule has 2 unspecified atom stereocenters. The lowest BCUT2D eigenvalue weighted by Gasteiger charge is -2.36. The first-order valence-corrected chi connectivity index (χ1v) is 11.4. The monoisotopic (exact) mass is 450 g/mol. The molecule has 2 heterocycles. The van der Waals surface area contributed by atoms with Gasteiger partial charge >= 0.3 is 0 Å². The number of hydrogen-bond donors (Lipinski definition) is 0. The molecule has 2 aromatic carbocycles. The third-order valence-electron chi connectivity index (χ3n) is 5.72. The van der Waals surface area contributed by atoms with Gasteiger partial charge in [0.25, 0.3) is 0 Å². The van der Waals surface area contributed by atoms with Crippen LogP contribution < -0.4 is 18.9 Å². The maximum absolute atomic E-state index is 6.72. The zero-order valence-electron chi connectivity index (χ0n) is 20.4. The quantitative estimate of drug-likeness (QED) is 0.489. The van der Waals surface area contributed by atoms with Gasteiger partial charge in [0.15, 0.2) is 23.0 Å². The Morgan fingerprint density at radius 2 is 1.03 bits per heavy atom.